The fourth-order valence-corrected chi connectivity index (χ4v) is 2.09. The Bertz CT molecular complexity index is 851. The minimum atomic E-state index is -0.772. The zero-order chi connectivity index (χ0) is 20.5. The van der Waals surface area contributed by atoms with Crippen LogP contribution in [0.2, 0.25) is 0 Å². The molecule has 0 saturated carbocycles. The first-order valence-corrected chi connectivity index (χ1v) is 7.97. The van der Waals surface area contributed by atoms with Gasteiger partial charge in [0.25, 0.3) is 11.6 Å². The van der Waals surface area contributed by atoms with E-state index in [4.69, 9.17) is 18.9 Å². The second-order valence-corrected chi connectivity index (χ2v) is 5.31. The smallest absolute Gasteiger partial charge is 0.344 e. The van der Waals surface area contributed by atoms with E-state index in [0.29, 0.717) is 17.2 Å². The summed E-state index contributed by atoms with van der Waals surface area (Å²) in [6, 6.07) is 10.1. The van der Waals surface area contributed by atoms with Crippen molar-refractivity contribution >= 4 is 23.3 Å². The Kier molecular flexibility index (Phi) is 7.14. The molecule has 0 unspecified atom stereocenters. The van der Waals surface area contributed by atoms with Gasteiger partial charge < -0.3 is 24.3 Å². The zero-order valence-electron chi connectivity index (χ0n) is 15.2. The highest BCUT2D eigenvalue weighted by Gasteiger charge is 2.12. The van der Waals surface area contributed by atoms with Gasteiger partial charge in [-0.3, -0.25) is 14.9 Å². The monoisotopic (exact) mass is 390 g/mol. The van der Waals surface area contributed by atoms with Gasteiger partial charge in [0.05, 0.1) is 24.8 Å². The van der Waals surface area contributed by atoms with Crippen molar-refractivity contribution < 1.29 is 33.5 Å². The molecule has 28 heavy (non-hydrogen) atoms. The summed E-state index contributed by atoms with van der Waals surface area (Å²) in [4.78, 5) is 33.7. The average Bonchev–Trinajstić information content (AvgIpc) is 2.70. The Balaban J connectivity index is 1.81. The summed E-state index contributed by atoms with van der Waals surface area (Å²) in [5.41, 5.74) is 0.268. The Hall–Kier alpha value is -3.82. The van der Waals surface area contributed by atoms with Crippen LogP contribution in [-0.2, 0) is 14.3 Å². The number of methoxy groups -OCH3 is 2. The molecule has 0 aromatic heterocycles. The van der Waals surface area contributed by atoms with Crippen LogP contribution < -0.4 is 19.5 Å². The van der Waals surface area contributed by atoms with Crippen LogP contribution in [0.3, 0.4) is 0 Å². The molecule has 2 aromatic carbocycles. The number of carbonyl (C=O) groups excluding carboxylic acids is 2. The van der Waals surface area contributed by atoms with Crippen LogP contribution in [0.25, 0.3) is 0 Å². The summed E-state index contributed by atoms with van der Waals surface area (Å²) < 4.78 is 20.2. The van der Waals surface area contributed by atoms with E-state index in [1.165, 1.54) is 38.5 Å². The highest BCUT2D eigenvalue weighted by Crippen LogP contribution is 2.28. The third kappa shape index (κ3) is 5.87. The molecule has 0 radical (unpaired) electrons. The van der Waals surface area contributed by atoms with Crippen molar-refractivity contribution in [1.82, 2.24) is 0 Å². The summed E-state index contributed by atoms with van der Waals surface area (Å²) in [5.74, 6) is -0.152. The van der Waals surface area contributed by atoms with E-state index in [0.717, 1.165) is 0 Å². The van der Waals surface area contributed by atoms with Crippen LogP contribution in [0, 0.1) is 10.1 Å². The number of amides is 1. The molecule has 10 heteroatoms. The number of hydrogen-bond donors (Lipinski definition) is 1. The molecule has 0 bridgehead atoms. The lowest BCUT2D eigenvalue weighted by molar-refractivity contribution is -0.384. The quantitative estimate of drug-likeness (QED) is 0.392. The number of rotatable bonds is 9. The van der Waals surface area contributed by atoms with Gasteiger partial charge in [0, 0.05) is 18.2 Å². The molecule has 0 saturated heterocycles. The van der Waals surface area contributed by atoms with Crippen molar-refractivity contribution in [1.29, 1.82) is 0 Å². The van der Waals surface area contributed by atoms with Crippen molar-refractivity contribution in [2.24, 2.45) is 0 Å². The molecule has 10 nitrogen and oxygen atoms in total. The number of ether oxygens (including phenoxy) is 4. The summed E-state index contributed by atoms with van der Waals surface area (Å²) in [6.45, 7) is -0.976. The van der Waals surface area contributed by atoms with Crippen LogP contribution in [0.15, 0.2) is 42.5 Å². The highest BCUT2D eigenvalue weighted by atomic mass is 16.6. The van der Waals surface area contributed by atoms with E-state index in [2.05, 4.69) is 5.32 Å². The van der Waals surface area contributed by atoms with Crippen molar-refractivity contribution in [3.63, 3.8) is 0 Å². The zero-order valence-corrected chi connectivity index (χ0v) is 15.2. The van der Waals surface area contributed by atoms with Gasteiger partial charge in [-0.1, -0.05) is 0 Å². The lowest BCUT2D eigenvalue weighted by Gasteiger charge is -2.12. The first-order chi connectivity index (χ1) is 13.4. The van der Waals surface area contributed by atoms with Gasteiger partial charge >= 0.3 is 5.97 Å². The largest absolute Gasteiger partial charge is 0.497 e. The second-order valence-electron chi connectivity index (χ2n) is 5.31. The number of nitro groups is 1. The Morgan fingerprint density at radius 1 is 1.00 bits per heavy atom. The number of nitrogens with one attached hydrogen (secondary N) is 1. The van der Waals surface area contributed by atoms with Gasteiger partial charge in [-0.05, 0) is 24.3 Å². The van der Waals surface area contributed by atoms with Crippen LogP contribution in [-0.4, -0.2) is 44.2 Å². The molecular weight excluding hydrogens is 372 g/mol. The summed E-state index contributed by atoms with van der Waals surface area (Å²) in [6.07, 6.45) is 0. The van der Waals surface area contributed by atoms with E-state index in [1.54, 1.807) is 18.2 Å². The maximum atomic E-state index is 12.0. The Morgan fingerprint density at radius 2 is 1.68 bits per heavy atom. The first-order valence-electron chi connectivity index (χ1n) is 7.97. The molecule has 0 aliphatic carbocycles. The molecule has 0 heterocycles. The van der Waals surface area contributed by atoms with Crippen LogP contribution in [0.4, 0.5) is 11.4 Å². The minimum Gasteiger partial charge on any atom is -0.497 e. The number of anilines is 1. The van der Waals surface area contributed by atoms with E-state index >= 15 is 0 Å². The van der Waals surface area contributed by atoms with Gasteiger partial charge in [0.15, 0.2) is 13.2 Å². The number of carbonyl (C=O) groups is 2. The Labute approximate surface area is 160 Å². The molecule has 2 rings (SSSR count). The Morgan fingerprint density at radius 3 is 2.29 bits per heavy atom. The normalized spacial score (nSPS) is 9.93. The van der Waals surface area contributed by atoms with Crippen molar-refractivity contribution in [2.45, 2.75) is 0 Å². The molecule has 0 aliphatic rings. The number of esters is 1. The van der Waals surface area contributed by atoms with Gasteiger partial charge in [0.1, 0.15) is 17.2 Å². The molecule has 0 spiro atoms. The predicted molar refractivity (Wildman–Crippen MR) is 97.7 cm³/mol. The SMILES string of the molecule is COc1ccc(OC)c(NC(=O)COC(=O)COc2ccc([N+](=O)[O-])cc2)c1. The highest BCUT2D eigenvalue weighted by molar-refractivity contribution is 5.94. The predicted octanol–water partition coefficient (Wildman–Crippen LogP) is 2.17. The summed E-state index contributed by atoms with van der Waals surface area (Å²) in [5, 5.41) is 13.1. The lowest BCUT2D eigenvalue weighted by atomic mass is 10.2. The molecule has 0 atom stereocenters. The summed E-state index contributed by atoms with van der Waals surface area (Å²) >= 11 is 0. The fraction of sp³-hybridized carbons (Fsp3) is 0.222. The maximum Gasteiger partial charge on any atom is 0.344 e. The number of non-ortho nitro benzene ring substituents is 1. The van der Waals surface area contributed by atoms with E-state index < -0.39 is 30.0 Å². The van der Waals surface area contributed by atoms with Crippen molar-refractivity contribution in [3.05, 3.63) is 52.6 Å². The number of nitrogens with zero attached hydrogens (tertiary/aromatic N) is 1. The molecule has 148 valence electrons. The topological polar surface area (TPSA) is 126 Å². The maximum absolute atomic E-state index is 12.0. The molecule has 0 aliphatic heterocycles. The average molecular weight is 390 g/mol. The van der Waals surface area contributed by atoms with E-state index in [-0.39, 0.29) is 11.4 Å². The molecule has 1 N–H and O–H groups in total. The third-order valence-electron chi connectivity index (χ3n) is 3.45. The van der Waals surface area contributed by atoms with Crippen LogP contribution >= 0.6 is 0 Å². The van der Waals surface area contributed by atoms with Gasteiger partial charge in [-0.15, -0.1) is 0 Å². The third-order valence-corrected chi connectivity index (χ3v) is 3.45. The van der Waals surface area contributed by atoms with Gasteiger partial charge in [0.2, 0.25) is 0 Å². The number of nitro benzene ring substituents is 1. The van der Waals surface area contributed by atoms with Gasteiger partial charge in [-0.25, -0.2) is 4.79 Å². The molecule has 1 amide bonds. The van der Waals surface area contributed by atoms with Gasteiger partial charge in [-0.2, -0.15) is 0 Å². The summed E-state index contributed by atoms with van der Waals surface area (Å²) in [7, 11) is 2.94. The number of benzene rings is 2. The van der Waals surface area contributed by atoms with E-state index in [9.17, 15) is 19.7 Å². The lowest BCUT2D eigenvalue weighted by Crippen LogP contribution is -2.23. The van der Waals surface area contributed by atoms with E-state index in [1.807, 2.05) is 0 Å². The fourth-order valence-electron chi connectivity index (χ4n) is 2.09. The molecule has 0 fully saturated rings. The van der Waals surface area contributed by atoms with Crippen molar-refractivity contribution in [3.8, 4) is 17.2 Å². The van der Waals surface area contributed by atoms with Crippen molar-refractivity contribution in [2.75, 3.05) is 32.8 Å². The molecular formula is C18H18N2O8. The van der Waals surface area contributed by atoms with Crippen LogP contribution in [0.5, 0.6) is 17.2 Å². The minimum absolute atomic E-state index is 0.0976. The number of hydrogen-bond acceptors (Lipinski definition) is 8. The molecule has 2 aromatic rings. The first kappa shape index (κ1) is 20.5. The second kappa shape index (κ2) is 9.76. The van der Waals surface area contributed by atoms with Crippen LogP contribution in [0.1, 0.15) is 0 Å². The standard InChI is InChI=1S/C18H18N2O8/c1-25-14-7-8-16(26-2)15(9-14)19-17(21)10-28-18(22)11-27-13-5-3-12(4-6-13)20(23)24/h3-9H,10-11H2,1-2H3,(H,19,21).